The van der Waals surface area contributed by atoms with Gasteiger partial charge in [-0.15, -0.1) is 0 Å². The molecule has 0 radical (unpaired) electrons. The van der Waals surface area contributed by atoms with Crippen molar-refractivity contribution in [2.24, 2.45) is 10.7 Å². The molecule has 0 atom stereocenters. The zero-order valence-electron chi connectivity index (χ0n) is 6.82. The van der Waals surface area contributed by atoms with E-state index in [4.69, 9.17) is 10.5 Å². The molecule has 6 heteroatoms. The summed E-state index contributed by atoms with van der Waals surface area (Å²) in [5.74, 6) is 0.843. The molecule has 6 nitrogen and oxygen atoms in total. The van der Waals surface area contributed by atoms with Gasteiger partial charge in [-0.2, -0.15) is 5.10 Å². The molecule has 0 amide bonds. The summed E-state index contributed by atoms with van der Waals surface area (Å²) in [6.45, 7) is 1.08. The van der Waals surface area contributed by atoms with Gasteiger partial charge in [-0.05, 0) is 0 Å². The lowest BCUT2D eigenvalue weighted by atomic mass is 10.5. The summed E-state index contributed by atoms with van der Waals surface area (Å²) >= 11 is 0. The fourth-order valence-corrected chi connectivity index (χ4v) is 0.661. The third-order valence-electron chi connectivity index (χ3n) is 1.24. The van der Waals surface area contributed by atoms with E-state index in [2.05, 4.69) is 20.2 Å². The van der Waals surface area contributed by atoms with E-state index in [-0.39, 0.29) is 0 Å². The number of rotatable bonds is 4. The van der Waals surface area contributed by atoms with Crippen LogP contribution in [0.4, 0.5) is 0 Å². The molecule has 1 aromatic rings. The van der Waals surface area contributed by atoms with E-state index in [0.29, 0.717) is 24.8 Å². The van der Waals surface area contributed by atoms with Crippen molar-refractivity contribution < 1.29 is 4.74 Å². The van der Waals surface area contributed by atoms with Crippen LogP contribution in [0.2, 0.25) is 0 Å². The maximum atomic E-state index is 5.54. The van der Waals surface area contributed by atoms with E-state index in [1.165, 1.54) is 6.33 Å². The molecule has 66 valence electrons. The largest absolute Gasteiger partial charge is 0.383 e. The average molecular weight is 169 g/mol. The Morgan fingerprint density at radius 1 is 1.83 bits per heavy atom. The van der Waals surface area contributed by atoms with Crippen LogP contribution in [-0.2, 0) is 4.74 Å². The average Bonchev–Trinajstić information content (AvgIpc) is 2.56. The Bertz CT molecular complexity index is 242. The van der Waals surface area contributed by atoms with Crippen molar-refractivity contribution in [2.45, 2.75) is 0 Å². The number of aromatic amines is 1. The molecule has 1 aromatic heterocycles. The molecule has 0 saturated carbocycles. The molecule has 0 aliphatic carbocycles. The van der Waals surface area contributed by atoms with Crippen LogP contribution in [-0.4, -0.2) is 41.3 Å². The van der Waals surface area contributed by atoms with Gasteiger partial charge in [-0.25, -0.2) is 4.98 Å². The maximum absolute atomic E-state index is 5.54. The maximum Gasteiger partial charge on any atom is 0.190 e. The second kappa shape index (κ2) is 4.45. The number of hydrogen-bond acceptors (Lipinski definition) is 4. The molecule has 1 rings (SSSR count). The number of amidine groups is 1. The van der Waals surface area contributed by atoms with E-state index in [1.807, 2.05) is 0 Å². The van der Waals surface area contributed by atoms with Crippen molar-refractivity contribution in [1.82, 2.24) is 15.2 Å². The highest BCUT2D eigenvalue weighted by Gasteiger charge is 1.98. The molecule has 12 heavy (non-hydrogen) atoms. The van der Waals surface area contributed by atoms with Crippen LogP contribution in [0, 0.1) is 0 Å². The van der Waals surface area contributed by atoms with Crippen molar-refractivity contribution in [3.8, 4) is 0 Å². The molecule has 0 bridgehead atoms. The number of nitrogens with zero attached hydrogens (tertiary/aromatic N) is 3. The normalized spacial score (nSPS) is 11.9. The zero-order valence-corrected chi connectivity index (χ0v) is 6.82. The van der Waals surface area contributed by atoms with Crippen molar-refractivity contribution >= 4 is 5.84 Å². The highest BCUT2D eigenvalue weighted by molar-refractivity contribution is 5.93. The molecular formula is C6H11N5O. The first-order chi connectivity index (χ1) is 5.84. The van der Waals surface area contributed by atoms with Gasteiger partial charge < -0.3 is 10.5 Å². The number of aliphatic imine (C=N–C) groups is 1. The van der Waals surface area contributed by atoms with Gasteiger partial charge in [0.2, 0.25) is 0 Å². The van der Waals surface area contributed by atoms with Gasteiger partial charge >= 0.3 is 0 Å². The number of nitrogens with one attached hydrogen (secondary N) is 1. The lowest BCUT2D eigenvalue weighted by molar-refractivity contribution is 0.208. The molecule has 0 aliphatic rings. The quantitative estimate of drug-likeness (QED) is 0.349. The highest BCUT2D eigenvalue weighted by atomic mass is 16.5. The highest BCUT2D eigenvalue weighted by Crippen LogP contribution is 1.84. The van der Waals surface area contributed by atoms with Crippen LogP contribution in [0.3, 0.4) is 0 Å². The van der Waals surface area contributed by atoms with Crippen LogP contribution >= 0.6 is 0 Å². The van der Waals surface area contributed by atoms with Crippen molar-refractivity contribution in [2.75, 3.05) is 20.3 Å². The molecular weight excluding hydrogens is 158 g/mol. The summed E-state index contributed by atoms with van der Waals surface area (Å²) in [7, 11) is 1.61. The minimum absolute atomic E-state index is 0.351. The Morgan fingerprint density at radius 3 is 3.25 bits per heavy atom. The monoisotopic (exact) mass is 169 g/mol. The first-order valence-electron chi connectivity index (χ1n) is 3.49. The third-order valence-corrected chi connectivity index (χ3v) is 1.24. The Balaban J connectivity index is 2.47. The SMILES string of the molecule is COCCN=C(N)c1ncn[nH]1. The zero-order chi connectivity index (χ0) is 8.81. The van der Waals surface area contributed by atoms with Gasteiger partial charge in [-0.3, -0.25) is 10.1 Å². The van der Waals surface area contributed by atoms with Gasteiger partial charge in [-0.1, -0.05) is 0 Å². The fraction of sp³-hybridized carbons (Fsp3) is 0.500. The van der Waals surface area contributed by atoms with Crippen molar-refractivity contribution in [1.29, 1.82) is 0 Å². The van der Waals surface area contributed by atoms with Crippen molar-refractivity contribution in [3.63, 3.8) is 0 Å². The fourth-order valence-electron chi connectivity index (χ4n) is 0.661. The predicted octanol–water partition coefficient (Wildman–Crippen LogP) is -0.844. The summed E-state index contributed by atoms with van der Waals surface area (Å²) in [4.78, 5) is 7.82. The van der Waals surface area contributed by atoms with E-state index < -0.39 is 0 Å². The molecule has 0 aliphatic heterocycles. The lowest BCUT2D eigenvalue weighted by Crippen LogP contribution is -2.16. The smallest absolute Gasteiger partial charge is 0.190 e. The van der Waals surface area contributed by atoms with E-state index in [9.17, 15) is 0 Å². The van der Waals surface area contributed by atoms with Gasteiger partial charge in [0.05, 0.1) is 13.2 Å². The van der Waals surface area contributed by atoms with E-state index in [1.54, 1.807) is 7.11 Å². The molecule has 0 fully saturated rings. The first kappa shape index (κ1) is 8.66. The third kappa shape index (κ3) is 2.31. The molecule has 1 heterocycles. The van der Waals surface area contributed by atoms with E-state index in [0.717, 1.165) is 0 Å². The van der Waals surface area contributed by atoms with Gasteiger partial charge in [0, 0.05) is 7.11 Å². The van der Waals surface area contributed by atoms with E-state index >= 15 is 0 Å². The van der Waals surface area contributed by atoms with Gasteiger partial charge in [0.1, 0.15) is 6.33 Å². The lowest BCUT2D eigenvalue weighted by Gasteiger charge is -1.95. The summed E-state index contributed by atoms with van der Waals surface area (Å²) in [6, 6.07) is 0. The van der Waals surface area contributed by atoms with Crippen LogP contribution in [0.15, 0.2) is 11.3 Å². The Hall–Kier alpha value is -1.43. The predicted molar refractivity (Wildman–Crippen MR) is 43.9 cm³/mol. The first-order valence-corrected chi connectivity index (χ1v) is 3.49. The summed E-state index contributed by atoms with van der Waals surface area (Å²) in [6.07, 6.45) is 1.38. The summed E-state index contributed by atoms with van der Waals surface area (Å²) in [5, 5.41) is 6.25. The van der Waals surface area contributed by atoms with Crippen molar-refractivity contribution in [3.05, 3.63) is 12.2 Å². The Labute approximate surface area is 69.9 Å². The topological polar surface area (TPSA) is 89.2 Å². The molecule has 0 spiro atoms. The minimum atomic E-state index is 0.351. The van der Waals surface area contributed by atoms with Crippen LogP contribution < -0.4 is 5.73 Å². The summed E-state index contributed by atoms with van der Waals surface area (Å²) < 4.78 is 4.80. The van der Waals surface area contributed by atoms with Crippen LogP contribution in [0.25, 0.3) is 0 Å². The number of methoxy groups -OCH3 is 1. The number of H-pyrrole nitrogens is 1. The number of ether oxygens (including phenoxy) is 1. The minimum Gasteiger partial charge on any atom is -0.383 e. The Kier molecular flexibility index (Phi) is 3.21. The second-order valence-corrected chi connectivity index (χ2v) is 2.09. The summed E-state index contributed by atoms with van der Waals surface area (Å²) in [5.41, 5.74) is 5.54. The van der Waals surface area contributed by atoms with Gasteiger partial charge in [0.15, 0.2) is 11.7 Å². The van der Waals surface area contributed by atoms with Gasteiger partial charge in [0.25, 0.3) is 0 Å². The molecule has 3 N–H and O–H groups in total. The molecule has 0 unspecified atom stereocenters. The second-order valence-electron chi connectivity index (χ2n) is 2.09. The van der Waals surface area contributed by atoms with Crippen LogP contribution in [0.5, 0.6) is 0 Å². The molecule has 0 saturated heterocycles. The Morgan fingerprint density at radius 2 is 2.67 bits per heavy atom. The molecule has 0 aromatic carbocycles. The number of hydrogen-bond donors (Lipinski definition) is 2. The number of aromatic nitrogens is 3. The number of nitrogens with two attached hydrogens (primary N) is 1. The standard InChI is InChI=1S/C6H11N5O/c1-12-3-2-8-5(7)6-9-4-10-11-6/h4H,2-3H2,1H3,(H2,7,8)(H,9,10,11). The van der Waals surface area contributed by atoms with Crippen LogP contribution in [0.1, 0.15) is 5.82 Å².